The van der Waals surface area contributed by atoms with Gasteiger partial charge in [0.25, 0.3) is 0 Å². The number of hydrogen-bond acceptors (Lipinski definition) is 2. The molecule has 0 aliphatic rings. The Morgan fingerprint density at radius 2 is 2.33 bits per heavy atom. The molecular formula is C9H8ClNO. The minimum atomic E-state index is 0.327. The zero-order valence-corrected chi connectivity index (χ0v) is 7.43. The van der Waals surface area contributed by atoms with Crippen molar-refractivity contribution in [1.82, 2.24) is 4.98 Å². The molecular weight excluding hydrogens is 174 g/mol. The molecule has 12 heavy (non-hydrogen) atoms. The Labute approximate surface area is 75.2 Å². The van der Waals surface area contributed by atoms with Gasteiger partial charge in [-0.05, 0) is 24.6 Å². The van der Waals surface area contributed by atoms with Gasteiger partial charge in [-0.25, -0.2) is 4.98 Å². The largest absolute Gasteiger partial charge is 0.439 e. The number of hydrogen-bond donors (Lipinski definition) is 0. The van der Waals surface area contributed by atoms with E-state index in [0.29, 0.717) is 11.8 Å². The highest BCUT2D eigenvalue weighted by atomic mass is 35.5. The molecule has 0 atom stereocenters. The Hall–Kier alpha value is -1.02. The number of halogens is 1. The lowest BCUT2D eigenvalue weighted by Crippen LogP contribution is -1.74. The first-order chi connectivity index (χ1) is 5.79. The number of aryl methyl sites for hydroxylation is 1. The molecule has 0 spiro atoms. The number of benzene rings is 1. The third-order valence-corrected chi connectivity index (χ3v) is 1.93. The minimum Gasteiger partial charge on any atom is -0.439 e. The third-order valence-electron chi connectivity index (χ3n) is 1.70. The molecule has 2 rings (SSSR count). The van der Waals surface area contributed by atoms with Gasteiger partial charge in [0.05, 0.1) is 5.88 Å². The lowest BCUT2D eigenvalue weighted by molar-refractivity contribution is 0.555. The van der Waals surface area contributed by atoms with E-state index in [2.05, 4.69) is 4.98 Å². The van der Waals surface area contributed by atoms with Crippen LogP contribution in [0.25, 0.3) is 11.1 Å². The van der Waals surface area contributed by atoms with Gasteiger partial charge in [0.2, 0.25) is 5.89 Å². The lowest BCUT2D eigenvalue weighted by Gasteiger charge is -1.87. The molecule has 0 amide bonds. The topological polar surface area (TPSA) is 26.0 Å². The zero-order chi connectivity index (χ0) is 8.55. The van der Waals surface area contributed by atoms with Crippen LogP contribution in [0.1, 0.15) is 11.5 Å². The van der Waals surface area contributed by atoms with Crippen LogP contribution in [0.5, 0.6) is 0 Å². The fraction of sp³-hybridized carbons (Fsp3) is 0.222. The van der Waals surface area contributed by atoms with Crippen LogP contribution in [0.2, 0.25) is 0 Å². The van der Waals surface area contributed by atoms with Crippen molar-refractivity contribution in [2.45, 2.75) is 12.8 Å². The molecule has 0 saturated carbocycles. The molecule has 0 fully saturated rings. The summed E-state index contributed by atoms with van der Waals surface area (Å²) >= 11 is 5.58. The fourth-order valence-electron chi connectivity index (χ4n) is 1.14. The van der Waals surface area contributed by atoms with Crippen molar-refractivity contribution in [3.05, 3.63) is 29.7 Å². The molecule has 0 radical (unpaired) electrons. The average Bonchev–Trinajstić information content (AvgIpc) is 2.46. The number of nitrogens with zero attached hydrogens (tertiary/aromatic N) is 1. The highest BCUT2D eigenvalue weighted by Gasteiger charge is 2.03. The molecule has 2 nitrogen and oxygen atoms in total. The zero-order valence-electron chi connectivity index (χ0n) is 6.67. The van der Waals surface area contributed by atoms with E-state index < -0.39 is 0 Å². The SMILES string of the molecule is Cc1ccc2oc(CCl)nc2c1. The van der Waals surface area contributed by atoms with Crippen molar-refractivity contribution in [2.75, 3.05) is 0 Å². The van der Waals surface area contributed by atoms with E-state index in [9.17, 15) is 0 Å². The summed E-state index contributed by atoms with van der Waals surface area (Å²) in [6.45, 7) is 2.02. The first kappa shape index (κ1) is 7.62. The lowest BCUT2D eigenvalue weighted by atomic mass is 10.2. The second-order valence-electron chi connectivity index (χ2n) is 2.71. The van der Waals surface area contributed by atoms with Crippen LogP contribution in [0.3, 0.4) is 0 Å². The van der Waals surface area contributed by atoms with Crippen molar-refractivity contribution in [3.8, 4) is 0 Å². The van der Waals surface area contributed by atoms with E-state index in [4.69, 9.17) is 16.0 Å². The van der Waals surface area contributed by atoms with Crippen LogP contribution >= 0.6 is 11.6 Å². The van der Waals surface area contributed by atoms with Gasteiger partial charge in [0.15, 0.2) is 5.58 Å². The molecule has 62 valence electrons. The van der Waals surface area contributed by atoms with Gasteiger partial charge < -0.3 is 4.42 Å². The Morgan fingerprint density at radius 3 is 3.08 bits per heavy atom. The number of alkyl halides is 1. The van der Waals surface area contributed by atoms with Gasteiger partial charge in [-0.3, -0.25) is 0 Å². The first-order valence-electron chi connectivity index (χ1n) is 3.71. The van der Waals surface area contributed by atoms with Gasteiger partial charge in [-0.2, -0.15) is 0 Å². The first-order valence-corrected chi connectivity index (χ1v) is 4.25. The molecule has 3 heteroatoms. The highest BCUT2D eigenvalue weighted by molar-refractivity contribution is 6.16. The molecule has 0 aliphatic heterocycles. The second kappa shape index (κ2) is 2.79. The summed E-state index contributed by atoms with van der Waals surface area (Å²) in [4.78, 5) is 4.19. The van der Waals surface area contributed by atoms with Gasteiger partial charge in [0.1, 0.15) is 5.52 Å². The Kier molecular flexibility index (Phi) is 1.77. The predicted molar refractivity (Wildman–Crippen MR) is 48.3 cm³/mol. The smallest absolute Gasteiger partial charge is 0.210 e. The summed E-state index contributed by atoms with van der Waals surface area (Å²) < 4.78 is 5.33. The van der Waals surface area contributed by atoms with Crippen LogP contribution in [0, 0.1) is 6.92 Å². The number of fused-ring (bicyclic) bond motifs is 1. The van der Waals surface area contributed by atoms with E-state index in [-0.39, 0.29) is 0 Å². The van der Waals surface area contributed by atoms with Crippen molar-refractivity contribution in [1.29, 1.82) is 0 Å². The van der Waals surface area contributed by atoms with Crippen LogP contribution in [-0.2, 0) is 5.88 Å². The monoisotopic (exact) mass is 181 g/mol. The standard InChI is InChI=1S/C9H8ClNO/c1-6-2-3-8-7(4-6)11-9(5-10)12-8/h2-4H,5H2,1H3. The molecule has 1 aromatic heterocycles. The van der Waals surface area contributed by atoms with Crippen LogP contribution in [0.15, 0.2) is 22.6 Å². The summed E-state index contributed by atoms with van der Waals surface area (Å²) in [7, 11) is 0. The number of aromatic nitrogens is 1. The molecule has 0 aliphatic carbocycles. The van der Waals surface area contributed by atoms with E-state index in [0.717, 1.165) is 11.1 Å². The maximum atomic E-state index is 5.58. The maximum absolute atomic E-state index is 5.58. The molecule has 1 heterocycles. The Bertz CT molecular complexity index is 408. The normalized spacial score (nSPS) is 10.8. The molecule has 0 unspecified atom stereocenters. The number of oxazole rings is 1. The van der Waals surface area contributed by atoms with Crippen molar-refractivity contribution in [3.63, 3.8) is 0 Å². The molecule has 1 aromatic carbocycles. The van der Waals surface area contributed by atoms with E-state index in [1.165, 1.54) is 5.56 Å². The summed E-state index contributed by atoms with van der Waals surface area (Å²) in [5.74, 6) is 0.908. The van der Waals surface area contributed by atoms with E-state index >= 15 is 0 Å². The Balaban J connectivity index is 2.67. The fourth-order valence-corrected chi connectivity index (χ4v) is 1.26. The van der Waals surface area contributed by atoms with Gasteiger partial charge in [0, 0.05) is 0 Å². The summed E-state index contributed by atoms with van der Waals surface area (Å²) in [5.41, 5.74) is 2.86. The molecule has 0 saturated heterocycles. The molecule has 2 aromatic rings. The quantitative estimate of drug-likeness (QED) is 0.633. The number of rotatable bonds is 1. The molecule has 0 N–H and O–H groups in total. The van der Waals surface area contributed by atoms with Crippen LogP contribution in [-0.4, -0.2) is 4.98 Å². The van der Waals surface area contributed by atoms with Gasteiger partial charge >= 0.3 is 0 Å². The Morgan fingerprint density at radius 1 is 1.50 bits per heavy atom. The summed E-state index contributed by atoms with van der Waals surface area (Å²) in [6.07, 6.45) is 0. The van der Waals surface area contributed by atoms with Gasteiger partial charge in [-0.1, -0.05) is 6.07 Å². The summed E-state index contributed by atoms with van der Waals surface area (Å²) in [5, 5.41) is 0. The second-order valence-corrected chi connectivity index (χ2v) is 2.98. The van der Waals surface area contributed by atoms with Gasteiger partial charge in [-0.15, -0.1) is 11.6 Å². The third kappa shape index (κ3) is 1.18. The van der Waals surface area contributed by atoms with Crippen LogP contribution < -0.4 is 0 Å². The van der Waals surface area contributed by atoms with Crippen molar-refractivity contribution < 1.29 is 4.42 Å². The minimum absolute atomic E-state index is 0.327. The average molecular weight is 182 g/mol. The predicted octanol–water partition coefficient (Wildman–Crippen LogP) is 2.88. The van der Waals surface area contributed by atoms with Crippen molar-refractivity contribution >= 4 is 22.7 Å². The van der Waals surface area contributed by atoms with Crippen molar-refractivity contribution in [2.24, 2.45) is 0 Å². The molecule has 0 bridgehead atoms. The summed E-state index contributed by atoms with van der Waals surface area (Å²) in [6, 6.07) is 5.88. The maximum Gasteiger partial charge on any atom is 0.210 e. The highest BCUT2D eigenvalue weighted by Crippen LogP contribution is 2.17. The van der Waals surface area contributed by atoms with E-state index in [1.807, 2.05) is 25.1 Å². The van der Waals surface area contributed by atoms with E-state index in [1.54, 1.807) is 0 Å². The van der Waals surface area contributed by atoms with Crippen LogP contribution in [0.4, 0.5) is 0 Å².